The quantitative estimate of drug-likeness (QED) is 0.623. The average Bonchev–Trinajstić information content (AvgIpc) is 2.68. The maximum Gasteiger partial charge on any atom is -0.00216 e. The molecule has 0 nitrogen and oxygen atoms in total. The monoisotopic (exact) mass is 266 g/mol. The highest BCUT2D eigenvalue weighted by Gasteiger charge is 2.50. The van der Waals surface area contributed by atoms with Crippen molar-refractivity contribution in [3.63, 3.8) is 0 Å². The minimum Gasteiger partial charge on any atom is -0.0805 e. The van der Waals surface area contributed by atoms with Crippen molar-refractivity contribution in [2.75, 3.05) is 0 Å². The van der Waals surface area contributed by atoms with Crippen LogP contribution in [0, 0.1) is 31.1 Å². The van der Waals surface area contributed by atoms with E-state index in [-0.39, 0.29) is 0 Å². The Balaban J connectivity index is 2.04. The van der Waals surface area contributed by atoms with Crippen molar-refractivity contribution in [3.05, 3.63) is 58.7 Å². The van der Waals surface area contributed by atoms with E-state index >= 15 is 0 Å². The molecule has 0 aliphatic heterocycles. The van der Waals surface area contributed by atoms with Crippen LogP contribution < -0.4 is 0 Å². The van der Waals surface area contributed by atoms with Crippen LogP contribution in [0.1, 0.15) is 49.8 Å². The second-order valence-corrected chi connectivity index (χ2v) is 7.04. The highest BCUT2D eigenvalue weighted by Crippen LogP contribution is 2.60. The molecule has 4 atom stereocenters. The van der Waals surface area contributed by atoms with Crippen LogP contribution in [0.3, 0.4) is 0 Å². The summed E-state index contributed by atoms with van der Waals surface area (Å²) >= 11 is 0. The second-order valence-electron chi connectivity index (χ2n) is 7.04. The van der Waals surface area contributed by atoms with Gasteiger partial charge in [0.15, 0.2) is 0 Å². The van der Waals surface area contributed by atoms with Crippen LogP contribution in [-0.2, 0) is 0 Å². The molecule has 2 aliphatic carbocycles. The van der Waals surface area contributed by atoms with Crippen LogP contribution in [0.2, 0.25) is 0 Å². The molecule has 0 spiro atoms. The predicted octanol–water partition coefficient (Wildman–Crippen LogP) is 5.57. The highest BCUT2D eigenvalue weighted by atomic mass is 14.5. The highest BCUT2D eigenvalue weighted by molar-refractivity contribution is 5.40. The standard InChI is InChI=1S/C20H26/c1-13-8-6-11-18(15(13)3)19-12-17-10-7-9-14(2)20(17,5)16(19)4/h6-11,16-17,19H,12H2,1-5H3. The van der Waals surface area contributed by atoms with Crippen molar-refractivity contribution in [1.29, 1.82) is 0 Å². The van der Waals surface area contributed by atoms with Gasteiger partial charge in [-0.15, -0.1) is 0 Å². The van der Waals surface area contributed by atoms with E-state index in [4.69, 9.17) is 0 Å². The fourth-order valence-corrected chi connectivity index (χ4v) is 4.49. The van der Waals surface area contributed by atoms with Gasteiger partial charge in [-0.2, -0.15) is 0 Å². The Hall–Kier alpha value is -1.30. The van der Waals surface area contributed by atoms with Gasteiger partial charge in [-0.05, 0) is 67.1 Å². The fourth-order valence-electron chi connectivity index (χ4n) is 4.49. The number of aryl methyl sites for hydroxylation is 1. The summed E-state index contributed by atoms with van der Waals surface area (Å²) in [5.41, 5.74) is 6.41. The molecule has 0 bridgehead atoms. The van der Waals surface area contributed by atoms with Crippen molar-refractivity contribution in [2.24, 2.45) is 17.3 Å². The molecule has 20 heavy (non-hydrogen) atoms. The Morgan fingerprint density at radius 2 is 1.90 bits per heavy atom. The van der Waals surface area contributed by atoms with Gasteiger partial charge in [-0.1, -0.05) is 55.8 Å². The molecule has 3 rings (SSSR count). The molecule has 4 unspecified atom stereocenters. The smallest absolute Gasteiger partial charge is 0.00216 e. The number of benzene rings is 1. The summed E-state index contributed by atoms with van der Waals surface area (Å²) in [6.45, 7) is 11.8. The lowest BCUT2D eigenvalue weighted by Crippen LogP contribution is -2.30. The molecule has 0 aromatic heterocycles. The molecule has 0 heteroatoms. The molecular formula is C20H26. The van der Waals surface area contributed by atoms with Crippen LogP contribution in [0.25, 0.3) is 0 Å². The summed E-state index contributed by atoms with van der Waals surface area (Å²) in [5, 5.41) is 0. The van der Waals surface area contributed by atoms with E-state index in [2.05, 4.69) is 71.0 Å². The first-order valence-electron chi connectivity index (χ1n) is 7.88. The summed E-state index contributed by atoms with van der Waals surface area (Å²) in [6, 6.07) is 6.82. The number of fused-ring (bicyclic) bond motifs is 1. The zero-order valence-corrected chi connectivity index (χ0v) is 13.4. The Labute approximate surface area is 123 Å². The first kappa shape index (κ1) is 13.7. The second kappa shape index (κ2) is 4.62. The Morgan fingerprint density at radius 1 is 1.15 bits per heavy atom. The maximum atomic E-state index is 2.47. The minimum absolute atomic E-state index is 0.343. The van der Waals surface area contributed by atoms with Crippen LogP contribution >= 0.6 is 0 Å². The zero-order valence-electron chi connectivity index (χ0n) is 13.4. The van der Waals surface area contributed by atoms with Crippen molar-refractivity contribution < 1.29 is 0 Å². The van der Waals surface area contributed by atoms with Gasteiger partial charge in [0.2, 0.25) is 0 Å². The van der Waals surface area contributed by atoms with Gasteiger partial charge < -0.3 is 0 Å². The molecule has 0 heterocycles. The lowest BCUT2D eigenvalue weighted by Gasteiger charge is -2.38. The largest absolute Gasteiger partial charge is 0.0805 e. The molecule has 0 radical (unpaired) electrons. The number of hydrogen-bond donors (Lipinski definition) is 0. The molecule has 1 aromatic carbocycles. The first-order valence-corrected chi connectivity index (χ1v) is 7.88. The van der Waals surface area contributed by atoms with Crippen molar-refractivity contribution >= 4 is 0 Å². The third kappa shape index (κ3) is 1.74. The molecular weight excluding hydrogens is 240 g/mol. The predicted molar refractivity (Wildman–Crippen MR) is 86.9 cm³/mol. The molecule has 1 aromatic rings. The lowest BCUT2D eigenvalue weighted by atomic mass is 9.66. The van der Waals surface area contributed by atoms with Gasteiger partial charge in [0, 0.05) is 0 Å². The summed E-state index contributed by atoms with van der Waals surface area (Å²) in [6.07, 6.45) is 8.32. The Morgan fingerprint density at radius 3 is 2.60 bits per heavy atom. The van der Waals surface area contributed by atoms with Gasteiger partial charge in [0.25, 0.3) is 0 Å². The van der Waals surface area contributed by atoms with Crippen LogP contribution in [0.4, 0.5) is 0 Å². The number of hydrogen-bond acceptors (Lipinski definition) is 0. The van der Waals surface area contributed by atoms with Crippen LogP contribution in [0.15, 0.2) is 42.0 Å². The first-order chi connectivity index (χ1) is 9.46. The molecule has 0 N–H and O–H groups in total. The van der Waals surface area contributed by atoms with Crippen molar-refractivity contribution in [3.8, 4) is 0 Å². The average molecular weight is 266 g/mol. The lowest BCUT2D eigenvalue weighted by molar-refractivity contribution is 0.247. The molecule has 0 saturated heterocycles. The molecule has 0 amide bonds. The summed E-state index contributed by atoms with van der Waals surface area (Å²) < 4.78 is 0. The molecule has 2 aliphatic rings. The maximum absolute atomic E-state index is 2.47. The van der Waals surface area contributed by atoms with Crippen molar-refractivity contribution in [2.45, 2.75) is 47.0 Å². The van der Waals surface area contributed by atoms with Gasteiger partial charge in [-0.25, -0.2) is 0 Å². The van der Waals surface area contributed by atoms with E-state index in [0.717, 1.165) is 0 Å². The summed E-state index contributed by atoms with van der Waals surface area (Å²) in [5.74, 6) is 2.10. The SMILES string of the molecule is CC1=CC=CC2CC(c3cccc(C)c3C)C(C)C12C. The Bertz CT molecular complexity index is 590. The fraction of sp³-hybridized carbons (Fsp3) is 0.500. The third-order valence-electron chi connectivity index (χ3n) is 6.41. The van der Waals surface area contributed by atoms with Gasteiger partial charge >= 0.3 is 0 Å². The van der Waals surface area contributed by atoms with E-state index < -0.39 is 0 Å². The van der Waals surface area contributed by atoms with Crippen LogP contribution in [-0.4, -0.2) is 0 Å². The van der Waals surface area contributed by atoms with E-state index in [0.29, 0.717) is 23.2 Å². The molecule has 1 fully saturated rings. The van der Waals surface area contributed by atoms with E-state index in [1.165, 1.54) is 17.5 Å². The number of rotatable bonds is 1. The van der Waals surface area contributed by atoms with E-state index in [1.807, 2.05) is 0 Å². The summed E-state index contributed by atoms with van der Waals surface area (Å²) in [7, 11) is 0. The van der Waals surface area contributed by atoms with Gasteiger partial charge in [-0.3, -0.25) is 0 Å². The zero-order chi connectivity index (χ0) is 14.5. The van der Waals surface area contributed by atoms with E-state index in [9.17, 15) is 0 Å². The van der Waals surface area contributed by atoms with E-state index in [1.54, 1.807) is 11.1 Å². The Kier molecular flexibility index (Phi) is 3.16. The van der Waals surface area contributed by atoms with Gasteiger partial charge in [0.1, 0.15) is 0 Å². The molecule has 1 saturated carbocycles. The van der Waals surface area contributed by atoms with Crippen molar-refractivity contribution in [1.82, 2.24) is 0 Å². The topological polar surface area (TPSA) is 0 Å². The van der Waals surface area contributed by atoms with Crippen LogP contribution in [0.5, 0.6) is 0 Å². The summed E-state index contributed by atoms with van der Waals surface area (Å²) in [4.78, 5) is 0. The van der Waals surface area contributed by atoms with Gasteiger partial charge in [0.05, 0.1) is 0 Å². The number of allylic oxidation sites excluding steroid dienone is 4. The molecule has 106 valence electrons. The third-order valence-corrected chi connectivity index (χ3v) is 6.41. The normalized spacial score (nSPS) is 35.9. The minimum atomic E-state index is 0.343.